The van der Waals surface area contributed by atoms with Crippen molar-refractivity contribution < 1.29 is 14.4 Å². The summed E-state index contributed by atoms with van der Waals surface area (Å²) in [6, 6.07) is 18.6. The smallest absolute Gasteiger partial charge is 0.319 e. The van der Waals surface area contributed by atoms with Gasteiger partial charge in [0.2, 0.25) is 5.91 Å². The summed E-state index contributed by atoms with van der Waals surface area (Å²) in [5.41, 5.74) is 0.792. The van der Waals surface area contributed by atoms with Crippen molar-refractivity contribution in [3.05, 3.63) is 93.5 Å². The van der Waals surface area contributed by atoms with Crippen LogP contribution in [0.4, 0.5) is 16.2 Å². The third-order valence-electron chi connectivity index (χ3n) is 5.78. The number of halogens is 2. The predicted molar refractivity (Wildman–Crippen MR) is 130 cm³/mol. The molecule has 0 saturated heterocycles. The predicted octanol–water partition coefficient (Wildman–Crippen LogP) is 5.97. The molecule has 168 valence electrons. The first kappa shape index (κ1) is 22.8. The molecule has 6 nitrogen and oxygen atoms in total. The number of Topliss-reactive ketones (excluding diaryl/α,β-unsaturated/α-hetero) is 1. The zero-order valence-electron chi connectivity index (χ0n) is 17.9. The van der Waals surface area contributed by atoms with Crippen LogP contribution in [0.2, 0.25) is 10.0 Å². The number of hydrogen-bond donors (Lipinski definition) is 3. The van der Waals surface area contributed by atoms with Crippen LogP contribution in [0.25, 0.3) is 0 Å². The van der Waals surface area contributed by atoms with Crippen molar-refractivity contribution in [3.63, 3.8) is 0 Å². The Balaban J connectivity index is 1.58. The Morgan fingerprint density at radius 1 is 1.00 bits per heavy atom. The van der Waals surface area contributed by atoms with Crippen molar-refractivity contribution in [3.8, 4) is 0 Å². The van der Waals surface area contributed by atoms with Crippen molar-refractivity contribution in [1.82, 2.24) is 5.32 Å². The van der Waals surface area contributed by atoms with E-state index in [1.54, 1.807) is 24.3 Å². The molecule has 1 aliphatic rings. The molecule has 0 bridgehead atoms. The molecule has 2 atom stereocenters. The van der Waals surface area contributed by atoms with Gasteiger partial charge in [-0.2, -0.15) is 0 Å². The van der Waals surface area contributed by atoms with Gasteiger partial charge in [-0.25, -0.2) is 4.79 Å². The Morgan fingerprint density at radius 3 is 2.45 bits per heavy atom. The molecular weight excluding hydrogens is 461 g/mol. The monoisotopic (exact) mass is 481 g/mol. The van der Waals surface area contributed by atoms with Gasteiger partial charge in [0.25, 0.3) is 0 Å². The summed E-state index contributed by atoms with van der Waals surface area (Å²) >= 11 is 12.3. The molecule has 0 unspecified atom stereocenters. The minimum atomic E-state index is -1.53. The van der Waals surface area contributed by atoms with E-state index in [1.165, 1.54) is 19.1 Å². The Hall–Kier alpha value is -3.35. The van der Waals surface area contributed by atoms with Crippen LogP contribution < -0.4 is 16.0 Å². The molecule has 3 amide bonds. The molecule has 0 spiro atoms. The van der Waals surface area contributed by atoms with Gasteiger partial charge in [0.1, 0.15) is 5.41 Å². The highest BCUT2D eigenvalue weighted by Gasteiger charge is 2.48. The van der Waals surface area contributed by atoms with Crippen molar-refractivity contribution in [2.24, 2.45) is 0 Å². The van der Waals surface area contributed by atoms with Crippen LogP contribution in [0.15, 0.2) is 66.7 Å². The average Bonchev–Trinajstić information content (AvgIpc) is 2.77. The molecule has 1 heterocycles. The normalized spacial score (nSPS) is 18.2. The van der Waals surface area contributed by atoms with Gasteiger partial charge in [-0.3, -0.25) is 9.59 Å². The quantitative estimate of drug-likeness (QED) is 0.401. The maximum absolute atomic E-state index is 13.4. The number of anilines is 2. The van der Waals surface area contributed by atoms with Crippen molar-refractivity contribution >= 4 is 52.3 Å². The molecule has 33 heavy (non-hydrogen) atoms. The van der Waals surface area contributed by atoms with Crippen LogP contribution in [-0.4, -0.2) is 17.7 Å². The molecule has 0 aromatic heterocycles. The van der Waals surface area contributed by atoms with Gasteiger partial charge in [0.15, 0.2) is 5.78 Å². The Labute approximate surface area is 201 Å². The second-order valence-corrected chi connectivity index (χ2v) is 8.87. The van der Waals surface area contributed by atoms with E-state index in [-0.39, 0.29) is 22.3 Å². The molecule has 0 saturated carbocycles. The van der Waals surface area contributed by atoms with Crippen LogP contribution in [0.1, 0.15) is 41.4 Å². The third kappa shape index (κ3) is 4.32. The highest BCUT2D eigenvalue weighted by molar-refractivity contribution is 6.41. The second kappa shape index (κ2) is 8.89. The van der Waals surface area contributed by atoms with Gasteiger partial charge in [-0.05, 0) is 49.2 Å². The number of urea groups is 1. The summed E-state index contributed by atoms with van der Waals surface area (Å²) in [7, 11) is 0. The molecular formula is C25H21Cl2N3O3. The fraction of sp³-hybridized carbons (Fsp3) is 0.160. The van der Waals surface area contributed by atoms with Gasteiger partial charge in [-0.1, -0.05) is 65.7 Å². The summed E-state index contributed by atoms with van der Waals surface area (Å²) in [6.07, 6.45) is 0. The number of carbonyl (C=O) groups excluding carboxylic acids is 3. The largest absolute Gasteiger partial charge is 0.331 e. The van der Waals surface area contributed by atoms with Gasteiger partial charge in [-0.15, -0.1) is 0 Å². The standard InChI is InChI=1S/C25H21Cl2N3O3/c1-14(15-7-4-3-5-8-15)28-24(33)29-18-10-6-9-16(11-18)25(2)22(31)21-19(27)12-17(26)13-20(21)30-23(25)32/h3-14H,1-2H3,(H,30,32)(H2,28,29,33)/t14-,25-/m0/s1. The number of hydrogen-bond acceptors (Lipinski definition) is 3. The Kier molecular flexibility index (Phi) is 6.15. The van der Waals surface area contributed by atoms with E-state index in [0.717, 1.165) is 5.56 Å². The van der Waals surface area contributed by atoms with E-state index >= 15 is 0 Å². The summed E-state index contributed by atoms with van der Waals surface area (Å²) in [4.78, 5) is 39.0. The van der Waals surface area contributed by atoms with E-state index in [4.69, 9.17) is 23.2 Å². The maximum Gasteiger partial charge on any atom is 0.319 e. The number of nitrogens with one attached hydrogen (secondary N) is 3. The minimum absolute atomic E-state index is 0.164. The van der Waals surface area contributed by atoms with Crippen LogP contribution >= 0.6 is 23.2 Å². The van der Waals surface area contributed by atoms with Gasteiger partial charge in [0.05, 0.1) is 22.3 Å². The molecule has 4 rings (SSSR count). The van der Waals surface area contributed by atoms with Gasteiger partial charge < -0.3 is 16.0 Å². The zero-order valence-corrected chi connectivity index (χ0v) is 19.4. The number of carbonyl (C=O) groups is 3. The molecule has 3 aromatic carbocycles. The molecule has 8 heteroatoms. The van der Waals surface area contributed by atoms with E-state index in [2.05, 4.69) is 16.0 Å². The summed E-state index contributed by atoms with van der Waals surface area (Å²) in [5.74, 6) is -0.945. The second-order valence-electron chi connectivity index (χ2n) is 8.03. The number of amides is 3. The molecule has 1 aliphatic heterocycles. The van der Waals surface area contributed by atoms with Crippen molar-refractivity contribution in [2.75, 3.05) is 10.6 Å². The zero-order chi connectivity index (χ0) is 23.8. The van der Waals surface area contributed by atoms with Crippen LogP contribution in [-0.2, 0) is 10.2 Å². The summed E-state index contributed by atoms with van der Waals surface area (Å²) in [5, 5.41) is 8.86. The van der Waals surface area contributed by atoms with Gasteiger partial charge >= 0.3 is 6.03 Å². The lowest BCUT2D eigenvalue weighted by Crippen LogP contribution is -2.48. The fourth-order valence-electron chi connectivity index (χ4n) is 3.86. The van der Waals surface area contributed by atoms with E-state index in [1.807, 2.05) is 37.3 Å². The topological polar surface area (TPSA) is 87.3 Å². The minimum Gasteiger partial charge on any atom is -0.331 e. The first-order valence-corrected chi connectivity index (χ1v) is 11.0. The Bertz CT molecular complexity index is 1260. The van der Waals surface area contributed by atoms with Crippen molar-refractivity contribution in [1.29, 1.82) is 0 Å². The third-order valence-corrected chi connectivity index (χ3v) is 6.30. The number of rotatable bonds is 4. The molecule has 0 aliphatic carbocycles. The average molecular weight is 482 g/mol. The lowest BCUT2D eigenvalue weighted by atomic mass is 9.73. The first-order valence-electron chi connectivity index (χ1n) is 10.3. The lowest BCUT2D eigenvalue weighted by Gasteiger charge is -2.33. The van der Waals surface area contributed by atoms with E-state index < -0.39 is 23.1 Å². The lowest BCUT2D eigenvalue weighted by molar-refractivity contribution is -0.119. The molecule has 3 aromatic rings. The van der Waals surface area contributed by atoms with Crippen molar-refractivity contribution in [2.45, 2.75) is 25.3 Å². The number of fused-ring (bicyclic) bond motifs is 1. The van der Waals surface area contributed by atoms with Crippen LogP contribution in [0.3, 0.4) is 0 Å². The Morgan fingerprint density at radius 2 is 1.73 bits per heavy atom. The summed E-state index contributed by atoms with van der Waals surface area (Å²) in [6.45, 7) is 3.42. The molecule has 0 radical (unpaired) electrons. The molecule has 0 fully saturated rings. The highest BCUT2D eigenvalue weighted by atomic mass is 35.5. The number of ketones is 1. The number of benzene rings is 3. The van der Waals surface area contributed by atoms with E-state index in [9.17, 15) is 14.4 Å². The van der Waals surface area contributed by atoms with E-state index in [0.29, 0.717) is 16.3 Å². The first-order chi connectivity index (χ1) is 15.7. The van der Waals surface area contributed by atoms with Crippen LogP contribution in [0.5, 0.6) is 0 Å². The molecule has 3 N–H and O–H groups in total. The summed E-state index contributed by atoms with van der Waals surface area (Å²) < 4.78 is 0. The highest BCUT2D eigenvalue weighted by Crippen LogP contribution is 2.41. The van der Waals surface area contributed by atoms with Gasteiger partial charge in [0, 0.05) is 10.7 Å². The van der Waals surface area contributed by atoms with Crippen LogP contribution in [0, 0.1) is 0 Å². The maximum atomic E-state index is 13.4. The SMILES string of the molecule is C[C@H](NC(=O)Nc1cccc([C@]2(C)C(=O)Nc3cc(Cl)cc(Cl)c3C2=O)c1)c1ccccc1. The fourth-order valence-corrected chi connectivity index (χ4v) is 4.44.